The lowest BCUT2D eigenvalue weighted by atomic mass is 10.0. The summed E-state index contributed by atoms with van der Waals surface area (Å²) in [5, 5.41) is 11.9. The first-order chi connectivity index (χ1) is 10.1. The van der Waals surface area contributed by atoms with Crippen molar-refractivity contribution in [2.24, 2.45) is 5.92 Å². The van der Waals surface area contributed by atoms with Gasteiger partial charge in [-0.15, -0.1) is 0 Å². The molecule has 5 nitrogen and oxygen atoms in total. The summed E-state index contributed by atoms with van der Waals surface area (Å²) in [5.74, 6) is -0.175. The number of carbonyl (C=O) groups excluding carboxylic acids is 1. The van der Waals surface area contributed by atoms with Gasteiger partial charge in [-0.3, -0.25) is 4.79 Å². The molecule has 0 spiro atoms. The van der Waals surface area contributed by atoms with Crippen LogP contribution in [0.5, 0.6) is 0 Å². The summed E-state index contributed by atoms with van der Waals surface area (Å²) in [6, 6.07) is 7.74. The van der Waals surface area contributed by atoms with Crippen LogP contribution in [0.25, 0.3) is 0 Å². The molecular weight excluding hydrogens is 268 g/mol. The van der Waals surface area contributed by atoms with Crippen LogP contribution in [0, 0.1) is 5.92 Å². The van der Waals surface area contributed by atoms with Crippen molar-refractivity contribution < 1.29 is 14.7 Å². The van der Waals surface area contributed by atoms with E-state index in [2.05, 4.69) is 5.32 Å². The van der Waals surface area contributed by atoms with Gasteiger partial charge in [-0.1, -0.05) is 24.3 Å². The molecule has 112 valence electrons. The molecule has 1 aliphatic carbocycles. The van der Waals surface area contributed by atoms with Gasteiger partial charge in [0.2, 0.25) is 0 Å². The minimum absolute atomic E-state index is 0.0134. The molecule has 5 heteroatoms. The lowest BCUT2D eigenvalue weighted by Crippen LogP contribution is -2.44. The zero-order chi connectivity index (χ0) is 14.8. The maximum absolute atomic E-state index is 12.2. The van der Waals surface area contributed by atoms with Crippen molar-refractivity contribution in [1.82, 2.24) is 10.2 Å². The van der Waals surface area contributed by atoms with Crippen molar-refractivity contribution in [3.05, 3.63) is 35.4 Å². The number of urea groups is 1. The summed E-state index contributed by atoms with van der Waals surface area (Å²) < 4.78 is 0. The van der Waals surface area contributed by atoms with E-state index < -0.39 is 5.97 Å². The van der Waals surface area contributed by atoms with Crippen molar-refractivity contribution in [3.8, 4) is 0 Å². The Balaban J connectivity index is 1.60. The van der Waals surface area contributed by atoms with Gasteiger partial charge >= 0.3 is 12.0 Å². The van der Waals surface area contributed by atoms with Crippen LogP contribution in [-0.2, 0) is 17.8 Å². The standard InChI is InChI=1S/C16H20N2O3/c19-15(20)8-12-3-1-2-4-13(12)9-17-16(21)18-10-11-5-6-14(18)7-11/h1-4,11,14H,5-10H2,(H,17,21)(H,19,20). The SMILES string of the molecule is O=C(O)Cc1ccccc1CNC(=O)N1CC2CCC1C2. The van der Waals surface area contributed by atoms with Gasteiger partial charge in [-0.2, -0.15) is 0 Å². The Hall–Kier alpha value is -2.04. The smallest absolute Gasteiger partial charge is 0.317 e. The zero-order valence-corrected chi connectivity index (χ0v) is 11.9. The molecule has 1 saturated heterocycles. The average molecular weight is 288 g/mol. The number of carboxylic acid groups (broad SMARTS) is 1. The molecule has 1 aromatic rings. The van der Waals surface area contributed by atoms with Crippen LogP contribution >= 0.6 is 0 Å². The highest BCUT2D eigenvalue weighted by atomic mass is 16.4. The van der Waals surface area contributed by atoms with Crippen molar-refractivity contribution in [2.75, 3.05) is 6.54 Å². The number of benzene rings is 1. The van der Waals surface area contributed by atoms with Gasteiger partial charge in [0.05, 0.1) is 6.42 Å². The molecular formula is C16H20N2O3. The molecule has 2 aliphatic rings. The first-order valence-corrected chi connectivity index (χ1v) is 7.46. The Kier molecular flexibility index (Phi) is 3.82. The fraction of sp³-hybridized carbons (Fsp3) is 0.500. The van der Waals surface area contributed by atoms with Crippen LogP contribution in [0.15, 0.2) is 24.3 Å². The molecule has 1 aliphatic heterocycles. The molecule has 2 fully saturated rings. The third-order valence-corrected chi connectivity index (χ3v) is 4.56. The molecule has 21 heavy (non-hydrogen) atoms. The first-order valence-electron chi connectivity index (χ1n) is 7.46. The summed E-state index contributed by atoms with van der Waals surface area (Å²) in [4.78, 5) is 25.0. The van der Waals surface area contributed by atoms with E-state index in [-0.39, 0.29) is 12.5 Å². The highest BCUT2D eigenvalue weighted by Crippen LogP contribution is 2.37. The molecule has 3 rings (SSSR count). The quantitative estimate of drug-likeness (QED) is 0.890. The summed E-state index contributed by atoms with van der Waals surface area (Å²) in [6.07, 6.45) is 3.49. The van der Waals surface area contributed by atoms with Gasteiger partial charge < -0.3 is 15.3 Å². The van der Waals surface area contributed by atoms with Gasteiger partial charge in [0, 0.05) is 19.1 Å². The summed E-state index contributed by atoms with van der Waals surface area (Å²) in [5.41, 5.74) is 1.63. The third-order valence-electron chi connectivity index (χ3n) is 4.56. The minimum Gasteiger partial charge on any atom is -0.481 e. The predicted octanol–water partition coefficient (Wildman–Crippen LogP) is 2.01. The molecule has 2 bridgehead atoms. The summed E-state index contributed by atoms with van der Waals surface area (Å²) >= 11 is 0. The van der Waals surface area contributed by atoms with Gasteiger partial charge in [0.1, 0.15) is 0 Å². The van der Waals surface area contributed by atoms with Gasteiger partial charge in [-0.25, -0.2) is 4.79 Å². The van der Waals surface area contributed by atoms with Crippen molar-refractivity contribution in [3.63, 3.8) is 0 Å². The minimum atomic E-state index is -0.856. The van der Waals surface area contributed by atoms with E-state index in [1.54, 1.807) is 6.07 Å². The number of carbonyl (C=O) groups is 2. The largest absolute Gasteiger partial charge is 0.481 e. The highest BCUT2D eigenvalue weighted by Gasteiger charge is 2.40. The number of likely N-dealkylation sites (tertiary alicyclic amines) is 1. The fourth-order valence-corrected chi connectivity index (χ4v) is 3.51. The van der Waals surface area contributed by atoms with Gasteiger partial charge in [-0.05, 0) is 36.3 Å². The Morgan fingerprint density at radius 2 is 2.00 bits per heavy atom. The van der Waals surface area contributed by atoms with Gasteiger partial charge in [0.25, 0.3) is 0 Å². The monoisotopic (exact) mass is 288 g/mol. The van der Waals surface area contributed by atoms with Crippen LogP contribution in [-0.4, -0.2) is 34.6 Å². The third kappa shape index (κ3) is 3.01. The van der Waals surface area contributed by atoms with Crippen LogP contribution in [0.2, 0.25) is 0 Å². The number of piperidine rings is 1. The topological polar surface area (TPSA) is 69.6 Å². The number of aliphatic carboxylic acids is 1. The van der Waals surface area contributed by atoms with E-state index in [0.717, 1.165) is 30.5 Å². The average Bonchev–Trinajstić information content (AvgIpc) is 3.08. The Morgan fingerprint density at radius 3 is 2.62 bits per heavy atom. The molecule has 2 N–H and O–H groups in total. The van der Waals surface area contributed by atoms with Gasteiger partial charge in [0.15, 0.2) is 0 Å². The number of fused-ring (bicyclic) bond motifs is 2. The Morgan fingerprint density at radius 1 is 1.24 bits per heavy atom. The number of amides is 2. The fourth-order valence-electron chi connectivity index (χ4n) is 3.51. The van der Waals surface area contributed by atoms with Crippen molar-refractivity contribution >= 4 is 12.0 Å². The van der Waals surface area contributed by atoms with Crippen molar-refractivity contribution in [1.29, 1.82) is 0 Å². The molecule has 2 atom stereocenters. The number of nitrogens with zero attached hydrogens (tertiary/aromatic N) is 1. The van der Waals surface area contributed by atoms with Crippen molar-refractivity contribution in [2.45, 2.75) is 38.3 Å². The lowest BCUT2D eigenvalue weighted by molar-refractivity contribution is -0.136. The maximum Gasteiger partial charge on any atom is 0.317 e. The van der Waals surface area contributed by atoms with Crippen LogP contribution in [0.1, 0.15) is 30.4 Å². The molecule has 1 saturated carbocycles. The van der Waals surface area contributed by atoms with E-state index in [4.69, 9.17) is 5.11 Å². The summed E-state index contributed by atoms with van der Waals surface area (Å²) in [6.45, 7) is 1.25. The normalized spacial score (nSPS) is 23.3. The highest BCUT2D eigenvalue weighted by molar-refractivity contribution is 5.75. The molecule has 2 unspecified atom stereocenters. The van der Waals surface area contributed by atoms with E-state index >= 15 is 0 Å². The molecule has 1 heterocycles. The molecule has 0 aromatic heterocycles. The predicted molar refractivity (Wildman–Crippen MR) is 77.9 cm³/mol. The van der Waals surface area contributed by atoms with Crippen LogP contribution in [0.3, 0.4) is 0 Å². The molecule has 1 aromatic carbocycles. The number of carboxylic acids is 1. The van der Waals surface area contributed by atoms with E-state index in [9.17, 15) is 9.59 Å². The van der Waals surface area contributed by atoms with Crippen LogP contribution < -0.4 is 5.32 Å². The molecule has 0 radical (unpaired) electrons. The van der Waals surface area contributed by atoms with Crippen LogP contribution in [0.4, 0.5) is 4.79 Å². The van der Waals surface area contributed by atoms with E-state index in [0.29, 0.717) is 18.5 Å². The van der Waals surface area contributed by atoms with E-state index in [1.165, 1.54) is 6.42 Å². The Bertz CT molecular complexity index is 558. The number of hydrogen-bond acceptors (Lipinski definition) is 2. The lowest BCUT2D eigenvalue weighted by Gasteiger charge is -2.27. The number of hydrogen-bond donors (Lipinski definition) is 2. The maximum atomic E-state index is 12.2. The first kappa shape index (κ1) is 13.9. The second-order valence-electron chi connectivity index (χ2n) is 5.98. The summed E-state index contributed by atoms with van der Waals surface area (Å²) in [7, 11) is 0. The number of nitrogens with one attached hydrogen (secondary N) is 1. The van der Waals surface area contributed by atoms with E-state index in [1.807, 2.05) is 23.1 Å². The second kappa shape index (κ2) is 5.76. The zero-order valence-electron chi connectivity index (χ0n) is 11.9. The second-order valence-corrected chi connectivity index (χ2v) is 5.98. The number of rotatable bonds is 4. The molecule has 2 amide bonds. The Labute approximate surface area is 123 Å².